The van der Waals surface area contributed by atoms with Crippen LogP contribution >= 0.6 is 0 Å². The van der Waals surface area contributed by atoms with Crippen LogP contribution < -0.4 is 9.47 Å². The predicted molar refractivity (Wildman–Crippen MR) is 74.0 cm³/mol. The summed E-state index contributed by atoms with van der Waals surface area (Å²) in [6.45, 7) is 1.46. The average Bonchev–Trinajstić information content (AvgIpc) is 2.52. The third kappa shape index (κ3) is 4.10. The third-order valence-electron chi connectivity index (χ3n) is 3.33. The maximum absolute atomic E-state index is 10.3. The van der Waals surface area contributed by atoms with Gasteiger partial charge in [-0.1, -0.05) is 0 Å². The molecule has 1 N–H and O–H groups in total. The summed E-state index contributed by atoms with van der Waals surface area (Å²) in [5, 5.41) is 10.3. The lowest BCUT2D eigenvalue weighted by atomic mass is 10.0. The minimum absolute atomic E-state index is 0.203. The average molecular weight is 282 g/mol. The van der Waals surface area contributed by atoms with Gasteiger partial charge in [0.05, 0.1) is 33.5 Å². The zero-order valence-electron chi connectivity index (χ0n) is 12.0. The summed E-state index contributed by atoms with van der Waals surface area (Å²) in [6.07, 6.45) is 1.38. The summed E-state index contributed by atoms with van der Waals surface area (Å²) in [5.41, 5.74) is 0.775. The molecule has 2 rings (SSSR count). The molecule has 0 radical (unpaired) electrons. The molecule has 0 saturated carbocycles. The molecule has 1 fully saturated rings. The van der Waals surface area contributed by atoms with E-state index < -0.39 is 6.10 Å². The van der Waals surface area contributed by atoms with Crippen LogP contribution in [-0.2, 0) is 9.47 Å². The van der Waals surface area contributed by atoms with Crippen molar-refractivity contribution >= 4 is 0 Å². The van der Waals surface area contributed by atoms with Crippen LogP contribution in [0.5, 0.6) is 11.5 Å². The minimum Gasteiger partial charge on any atom is -0.497 e. The fourth-order valence-corrected chi connectivity index (χ4v) is 2.19. The predicted octanol–water partition coefficient (Wildman–Crippen LogP) is 2.28. The Bertz CT molecular complexity index is 392. The van der Waals surface area contributed by atoms with Gasteiger partial charge in [0.15, 0.2) is 6.29 Å². The molecule has 1 aliphatic heterocycles. The molecule has 5 nitrogen and oxygen atoms in total. The molecule has 1 unspecified atom stereocenters. The summed E-state index contributed by atoms with van der Waals surface area (Å²) in [7, 11) is 3.18. The molecule has 1 atom stereocenters. The standard InChI is InChI=1S/C15H22O5/c1-17-12-8-11(9-13(10-12)18-2)14(16)4-5-15-19-6-3-7-20-15/h8-10,14-16H,3-7H2,1-2H3. The first kappa shape index (κ1) is 15.1. The number of aliphatic hydroxyl groups is 1. The lowest BCUT2D eigenvalue weighted by Gasteiger charge is -2.24. The second-order valence-electron chi connectivity index (χ2n) is 4.76. The minimum atomic E-state index is -0.590. The number of rotatable bonds is 6. The molecule has 1 aromatic rings. The lowest BCUT2D eigenvalue weighted by Crippen LogP contribution is -2.25. The van der Waals surface area contributed by atoms with E-state index in [4.69, 9.17) is 18.9 Å². The number of hydrogen-bond donors (Lipinski definition) is 1. The molecule has 20 heavy (non-hydrogen) atoms. The van der Waals surface area contributed by atoms with Crippen molar-refractivity contribution < 1.29 is 24.1 Å². The first-order valence-electron chi connectivity index (χ1n) is 6.87. The molecule has 5 heteroatoms. The number of methoxy groups -OCH3 is 2. The maximum Gasteiger partial charge on any atom is 0.157 e. The zero-order chi connectivity index (χ0) is 14.4. The molecular weight excluding hydrogens is 260 g/mol. The van der Waals surface area contributed by atoms with Crippen molar-refractivity contribution in [1.29, 1.82) is 0 Å². The SMILES string of the molecule is COc1cc(OC)cc(C(O)CCC2OCCCO2)c1. The van der Waals surface area contributed by atoms with Crippen molar-refractivity contribution in [3.05, 3.63) is 23.8 Å². The summed E-state index contributed by atoms with van der Waals surface area (Å²) in [5.74, 6) is 1.34. The highest BCUT2D eigenvalue weighted by Crippen LogP contribution is 2.29. The first-order valence-corrected chi connectivity index (χ1v) is 6.87. The molecule has 1 aliphatic rings. The van der Waals surface area contributed by atoms with Gasteiger partial charge in [0.25, 0.3) is 0 Å². The summed E-state index contributed by atoms with van der Waals surface area (Å²) in [6, 6.07) is 5.41. The summed E-state index contributed by atoms with van der Waals surface area (Å²) in [4.78, 5) is 0. The lowest BCUT2D eigenvalue weighted by molar-refractivity contribution is -0.183. The smallest absolute Gasteiger partial charge is 0.157 e. The van der Waals surface area contributed by atoms with Crippen molar-refractivity contribution in [1.82, 2.24) is 0 Å². The number of ether oxygens (including phenoxy) is 4. The van der Waals surface area contributed by atoms with Gasteiger partial charge in [-0.05, 0) is 30.5 Å². The fraction of sp³-hybridized carbons (Fsp3) is 0.600. The van der Waals surface area contributed by atoms with E-state index in [2.05, 4.69) is 0 Å². The molecule has 1 saturated heterocycles. The van der Waals surface area contributed by atoms with E-state index in [-0.39, 0.29) is 6.29 Å². The highest BCUT2D eigenvalue weighted by molar-refractivity contribution is 5.39. The second kappa shape index (κ2) is 7.47. The molecule has 1 aromatic carbocycles. The Morgan fingerprint density at radius 3 is 2.30 bits per heavy atom. The molecule has 0 spiro atoms. The Morgan fingerprint density at radius 1 is 1.15 bits per heavy atom. The van der Waals surface area contributed by atoms with Crippen LogP contribution in [0.15, 0.2) is 18.2 Å². The van der Waals surface area contributed by atoms with E-state index in [0.29, 0.717) is 24.3 Å². The van der Waals surface area contributed by atoms with Gasteiger partial charge in [0.1, 0.15) is 11.5 Å². The Hall–Kier alpha value is -1.30. The van der Waals surface area contributed by atoms with Crippen molar-refractivity contribution in [3.63, 3.8) is 0 Å². The third-order valence-corrected chi connectivity index (χ3v) is 3.33. The first-order chi connectivity index (χ1) is 9.72. The largest absolute Gasteiger partial charge is 0.497 e. The van der Waals surface area contributed by atoms with Gasteiger partial charge < -0.3 is 24.1 Å². The normalized spacial score (nSPS) is 17.8. The van der Waals surface area contributed by atoms with Gasteiger partial charge in [-0.2, -0.15) is 0 Å². The molecular formula is C15H22O5. The van der Waals surface area contributed by atoms with Crippen LogP contribution in [0.4, 0.5) is 0 Å². The molecule has 0 amide bonds. The number of aliphatic hydroxyl groups excluding tert-OH is 1. The van der Waals surface area contributed by atoms with E-state index in [0.717, 1.165) is 25.2 Å². The topological polar surface area (TPSA) is 57.2 Å². The van der Waals surface area contributed by atoms with Crippen molar-refractivity contribution in [2.45, 2.75) is 31.7 Å². The van der Waals surface area contributed by atoms with E-state index in [1.807, 2.05) is 12.1 Å². The second-order valence-corrected chi connectivity index (χ2v) is 4.76. The van der Waals surface area contributed by atoms with Crippen LogP contribution in [0.25, 0.3) is 0 Å². The van der Waals surface area contributed by atoms with Crippen LogP contribution in [0.3, 0.4) is 0 Å². The van der Waals surface area contributed by atoms with Gasteiger partial charge in [0, 0.05) is 12.5 Å². The van der Waals surface area contributed by atoms with Crippen LogP contribution in [0, 0.1) is 0 Å². The van der Waals surface area contributed by atoms with Gasteiger partial charge >= 0.3 is 0 Å². The van der Waals surface area contributed by atoms with Crippen LogP contribution in [-0.4, -0.2) is 38.8 Å². The van der Waals surface area contributed by atoms with Crippen LogP contribution in [0.1, 0.15) is 30.9 Å². The molecule has 112 valence electrons. The monoisotopic (exact) mass is 282 g/mol. The van der Waals surface area contributed by atoms with Crippen molar-refractivity contribution in [3.8, 4) is 11.5 Å². The van der Waals surface area contributed by atoms with Gasteiger partial charge in [-0.25, -0.2) is 0 Å². The van der Waals surface area contributed by atoms with E-state index >= 15 is 0 Å². The Balaban J connectivity index is 1.95. The van der Waals surface area contributed by atoms with E-state index in [1.165, 1.54) is 0 Å². The van der Waals surface area contributed by atoms with Gasteiger partial charge in [-0.3, -0.25) is 0 Å². The zero-order valence-corrected chi connectivity index (χ0v) is 12.0. The quantitative estimate of drug-likeness (QED) is 0.867. The van der Waals surface area contributed by atoms with E-state index in [1.54, 1.807) is 20.3 Å². The summed E-state index contributed by atoms with van der Waals surface area (Å²) >= 11 is 0. The van der Waals surface area contributed by atoms with Gasteiger partial charge in [0.2, 0.25) is 0 Å². The Labute approximate surface area is 119 Å². The number of benzene rings is 1. The van der Waals surface area contributed by atoms with Crippen molar-refractivity contribution in [2.75, 3.05) is 27.4 Å². The number of hydrogen-bond acceptors (Lipinski definition) is 5. The van der Waals surface area contributed by atoms with Crippen LogP contribution in [0.2, 0.25) is 0 Å². The highest BCUT2D eigenvalue weighted by Gasteiger charge is 2.17. The fourth-order valence-electron chi connectivity index (χ4n) is 2.19. The molecule has 0 aliphatic carbocycles. The summed E-state index contributed by atoms with van der Waals surface area (Å²) < 4.78 is 21.3. The molecule has 1 heterocycles. The molecule has 0 aromatic heterocycles. The Kier molecular flexibility index (Phi) is 5.64. The Morgan fingerprint density at radius 2 is 1.75 bits per heavy atom. The van der Waals surface area contributed by atoms with Gasteiger partial charge in [-0.15, -0.1) is 0 Å². The molecule has 0 bridgehead atoms. The van der Waals surface area contributed by atoms with Crippen molar-refractivity contribution in [2.24, 2.45) is 0 Å². The van der Waals surface area contributed by atoms with E-state index in [9.17, 15) is 5.11 Å². The highest BCUT2D eigenvalue weighted by atomic mass is 16.7. The maximum atomic E-state index is 10.3.